The molecule has 0 bridgehead atoms. The van der Waals surface area contributed by atoms with E-state index in [0.29, 0.717) is 5.82 Å². The Morgan fingerprint density at radius 1 is 1.46 bits per heavy atom. The van der Waals surface area contributed by atoms with Gasteiger partial charge in [0.05, 0.1) is 0 Å². The fourth-order valence-corrected chi connectivity index (χ4v) is 1.30. The Kier molecular flexibility index (Phi) is 3.71. The third kappa shape index (κ3) is 3.42. The minimum Gasteiger partial charge on any atom is -0.384 e. The van der Waals surface area contributed by atoms with Crippen LogP contribution in [0.2, 0.25) is 0 Å². The Labute approximate surface area is 79.6 Å². The molecule has 0 amide bonds. The lowest BCUT2D eigenvalue weighted by molar-refractivity contribution is 0.327. The van der Waals surface area contributed by atoms with Gasteiger partial charge in [0.25, 0.3) is 0 Å². The molecule has 1 heterocycles. The molecule has 0 saturated carbocycles. The predicted octanol–water partition coefficient (Wildman–Crippen LogP) is 1.51. The van der Waals surface area contributed by atoms with Crippen molar-refractivity contribution >= 4 is 5.82 Å². The van der Waals surface area contributed by atoms with Gasteiger partial charge in [0.1, 0.15) is 5.82 Å². The number of rotatable bonds is 4. The average Bonchev–Trinajstić information content (AvgIpc) is 2.09. The van der Waals surface area contributed by atoms with E-state index < -0.39 is 0 Å². The molecule has 1 rings (SSSR count). The summed E-state index contributed by atoms with van der Waals surface area (Å²) in [6, 6.07) is 3.86. The van der Waals surface area contributed by atoms with E-state index in [9.17, 15) is 0 Å². The minimum absolute atomic E-state index is 0.585. The van der Waals surface area contributed by atoms with Gasteiger partial charge in [0.15, 0.2) is 0 Å². The number of nitrogens with two attached hydrogens (primary N) is 1. The van der Waals surface area contributed by atoms with E-state index in [1.807, 2.05) is 18.3 Å². The van der Waals surface area contributed by atoms with Gasteiger partial charge in [0, 0.05) is 12.7 Å². The zero-order valence-electron chi connectivity index (χ0n) is 8.33. The van der Waals surface area contributed by atoms with Crippen molar-refractivity contribution in [3.05, 3.63) is 23.9 Å². The summed E-state index contributed by atoms with van der Waals surface area (Å²) in [7, 11) is 2.11. The van der Waals surface area contributed by atoms with Crippen molar-refractivity contribution in [1.82, 2.24) is 9.88 Å². The lowest BCUT2D eigenvalue weighted by Crippen LogP contribution is -2.18. The molecular formula is C10H17N3. The highest BCUT2D eigenvalue weighted by molar-refractivity contribution is 5.29. The van der Waals surface area contributed by atoms with Crippen LogP contribution in [0.3, 0.4) is 0 Å². The first-order valence-corrected chi connectivity index (χ1v) is 4.61. The zero-order chi connectivity index (χ0) is 9.68. The molecule has 0 atom stereocenters. The second-order valence-corrected chi connectivity index (χ2v) is 3.33. The highest BCUT2D eigenvalue weighted by Gasteiger charge is 1.98. The van der Waals surface area contributed by atoms with Gasteiger partial charge in [-0.1, -0.05) is 13.0 Å². The molecule has 1 aromatic heterocycles. The number of pyridine rings is 1. The fourth-order valence-electron chi connectivity index (χ4n) is 1.30. The standard InChI is InChI=1S/C10H17N3/c1-3-6-13(2)8-9-4-5-10(11)12-7-9/h4-5,7H,3,6,8H2,1-2H3,(H2,11,12). The van der Waals surface area contributed by atoms with E-state index in [1.54, 1.807) is 0 Å². The summed E-state index contributed by atoms with van der Waals surface area (Å²) >= 11 is 0. The summed E-state index contributed by atoms with van der Waals surface area (Å²) in [5.74, 6) is 0.585. The predicted molar refractivity (Wildman–Crippen MR) is 55.3 cm³/mol. The third-order valence-electron chi connectivity index (χ3n) is 1.91. The van der Waals surface area contributed by atoms with E-state index in [4.69, 9.17) is 5.73 Å². The number of hydrogen-bond acceptors (Lipinski definition) is 3. The van der Waals surface area contributed by atoms with Crippen LogP contribution in [0.15, 0.2) is 18.3 Å². The maximum Gasteiger partial charge on any atom is 0.123 e. The molecule has 13 heavy (non-hydrogen) atoms. The molecule has 1 aromatic rings. The van der Waals surface area contributed by atoms with E-state index in [1.165, 1.54) is 12.0 Å². The first-order chi connectivity index (χ1) is 6.22. The Hall–Kier alpha value is -1.09. The van der Waals surface area contributed by atoms with E-state index >= 15 is 0 Å². The van der Waals surface area contributed by atoms with Gasteiger partial charge in [-0.15, -0.1) is 0 Å². The van der Waals surface area contributed by atoms with Crippen molar-refractivity contribution in [2.75, 3.05) is 19.3 Å². The lowest BCUT2D eigenvalue weighted by Gasteiger charge is -2.14. The van der Waals surface area contributed by atoms with Crippen molar-refractivity contribution in [2.45, 2.75) is 19.9 Å². The highest BCUT2D eigenvalue weighted by atomic mass is 15.1. The van der Waals surface area contributed by atoms with Crippen LogP contribution in [0.5, 0.6) is 0 Å². The summed E-state index contributed by atoms with van der Waals surface area (Å²) in [4.78, 5) is 6.31. The van der Waals surface area contributed by atoms with Crippen LogP contribution in [-0.2, 0) is 6.54 Å². The lowest BCUT2D eigenvalue weighted by atomic mass is 10.2. The van der Waals surface area contributed by atoms with Gasteiger partial charge in [-0.05, 0) is 31.6 Å². The Bertz CT molecular complexity index is 243. The van der Waals surface area contributed by atoms with Crippen LogP contribution >= 0.6 is 0 Å². The van der Waals surface area contributed by atoms with Crippen LogP contribution in [-0.4, -0.2) is 23.5 Å². The molecule has 3 nitrogen and oxygen atoms in total. The number of nitrogen functional groups attached to an aromatic ring is 1. The molecule has 0 aromatic carbocycles. The average molecular weight is 179 g/mol. The molecule has 0 aliphatic carbocycles. The molecule has 0 fully saturated rings. The van der Waals surface area contributed by atoms with Gasteiger partial charge in [0.2, 0.25) is 0 Å². The van der Waals surface area contributed by atoms with Crippen molar-refractivity contribution < 1.29 is 0 Å². The Morgan fingerprint density at radius 3 is 2.77 bits per heavy atom. The van der Waals surface area contributed by atoms with E-state index in [2.05, 4.69) is 23.9 Å². The number of aromatic nitrogens is 1. The molecular weight excluding hydrogens is 162 g/mol. The van der Waals surface area contributed by atoms with Gasteiger partial charge in [-0.2, -0.15) is 0 Å². The Morgan fingerprint density at radius 2 is 2.23 bits per heavy atom. The monoisotopic (exact) mass is 179 g/mol. The quantitative estimate of drug-likeness (QED) is 0.761. The van der Waals surface area contributed by atoms with Crippen LogP contribution < -0.4 is 5.73 Å². The summed E-state index contributed by atoms with van der Waals surface area (Å²) in [5.41, 5.74) is 6.70. The largest absolute Gasteiger partial charge is 0.384 e. The molecule has 0 aliphatic rings. The maximum absolute atomic E-state index is 5.49. The second-order valence-electron chi connectivity index (χ2n) is 3.33. The van der Waals surface area contributed by atoms with Gasteiger partial charge in [-0.25, -0.2) is 4.98 Å². The molecule has 3 heteroatoms. The smallest absolute Gasteiger partial charge is 0.123 e. The van der Waals surface area contributed by atoms with Crippen molar-refractivity contribution in [1.29, 1.82) is 0 Å². The summed E-state index contributed by atoms with van der Waals surface area (Å²) in [6.07, 6.45) is 3.01. The molecule has 72 valence electrons. The second kappa shape index (κ2) is 4.82. The summed E-state index contributed by atoms with van der Waals surface area (Å²) < 4.78 is 0. The van der Waals surface area contributed by atoms with Crippen LogP contribution in [0.4, 0.5) is 5.82 Å². The third-order valence-corrected chi connectivity index (χ3v) is 1.91. The molecule has 0 radical (unpaired) electrons. The molecule has 0 spiro atoms. The SMILES string of the molecule is CCCN(C)Cc1ccc(N)nc1. The molecule has 0 aliphatic heterocycles. The molecule has 2 N–H and O–H groups in total. The van der Waals surface area contributed by atoms with Gasteiger partial charge in [-0.3, -0.25) is 0 Å². The number of nitrogens with zero attached hydrogens (tertiary/aromatic N) is 2. The number of hydrogen-bond donors (Lipinski definition) is 1. The Balaban J connectivity index is 2.49. The van der Waals surface area contributed by atoms with Crippen molar-refractivity contribution in [2.24, 2.45) is 0 Å². The van der Waals surface area contributed by atoms with Gasteiger partial charge >= 0.3 is 0 Å². The van der Waals surface area contributed by atoms with Gasteiger partial charge < -0.3 is 10.6 Å². The maximum atomic E-state index is 5.49. The van der Waals surface area contributed by atoms with Crippen molar-refractivity contribution in [3.8, 4) is 0 Å². The summed E-state index contributed by atoms with van der Waals surface area (Å²) in [6.45, 7) is 4.24. The van der Waals surface area contributed by atoms with Crippen LogP contribution in [0.1, 0.15) is 18.9 Å². The van der Waals surface area contributed by atoms with Crippen LogP contribution in [0.25, 0.3) is 0 Å². The van der Waals surface area contributed by atoms with Crippen molar-refractivity contribution in [3.63, 3.8) is 0 Å². The number of anilines is 1. The minimum atomic E-state index is 0.585. The van der Waals surface area contributed by atoms with E-state index in [-0.39, 0.29) is 0 Å². The zero-order valence-corrected chi connectivity index (χ0v) is 8.33. The molecule has 0 saturated heterocycles. The van der Waals surface area contributed by atoms with E-state index in [0.717, 1.165) is 13.1 Å². The van der Waals surface area contributed by atoms with Crippen LogP contribution in [0, 0.1) is 0 Å². The first-order valence-electron chi connectivity index (χ1n) is 4.61. The fraction of sp³-hybridized carbons (Fsp3) is 0.500. The molecule has 0 unspecified atom stereocenters. The highest BCUT2D eigenvalue weighted by Crippen LogP contribution is 2.04. The normalized spacial score (nSPS) is 10.7. The topological polar surface area (TPSA) is 42.1 Å². The summed E-state index contributed by atoms with van der Waals surface area (Å²) in [5, 5.41) is 0. The first kappa shape index (κ1) is 9.99.